The van der Waals surface area contributed by atoms with Gasteiger partial charge in [0.2, 0.25) is 0 Å². The molecule has 4 nitrogen and oxygen atoms in total. The van der Waals surface area contributed by atoms with E-state index in [0.29, 0.717) is 11.3 Å². The fourth-order valence-corrected chi connectivity index (χ4v) is 0.744. The molecule has 0 aliphatic heterocycles. The number of hydrogen-bond donors (Lipinski definition) is 3. The van der Waals surface area contributed by atoms with Crippen LogP contribution in [0.4, 0.5) is 5.69 Å². The second-order valence-electron chi connectivity index (χ2n) is 2.07. The third-order valence-electron chi connectivity index (χ3n) is 1.25. The van der Waals surface area contributed by atoms with E-state index in [4.69, 9.17) is 10.9 Å². The van der Waals surface area contributed by atoms with Crippen molar-refractivity contribution in [1.82, 2.24) is 5.48 Å². The first-order chi connectivity index (χ1) is 5.24. The predicted molar refractivity (Wildman–Crippen MR) is 40.1 cm³/mol. The second kappa shape index (κ2) is 3.03. The molecule has 0 spiro atoms. The molecule has 0 saturated heterocycles. The van der Waals surface area contributed by atoms with Crippen molar-refractivity contribution in [3.63, 3.8) is 0 Å². The Morgan fingerprint density at radius 1 is 1.55 bits per heavy atom. The summed E-state index contributed by atoms with van der Waals surface area (Å²) >= 11 is 0. The molecular formula is C7H8N2O2. The Morgan fingerprint density at radius 2 is 2.27 bits per heavy atom. The van der Waals surface area contributed by atoms with Crippen molar-refractivity contribution in [2.45, 2.75) is 0 Å². The first-order valence-corrected chi connectivity index (χ1v) is 3.04. The minimum atomic E-state index is -0.558. The fraction of sp³-hybridized carbons (Fsp3) is 0. The maximum atomic E-state index is 10.7. The molecule has 0 heterocycles. The van der Waals surface area contributed by atoms with Crippen molar-refractivity contribution in [3.8, 4) is 0 Å². The van der Waals surface area contributed by atoms with Crippen LogP contribution < -0.4 is 11.2 Å². The first kappa shape index (κ1) is 7.56. The predicted octanol–water partition coefficient (Wildman–Crippen LogP) is 0.388. The largest absolute Gasteiger partial charge is 0.399 e. The Bertz CT molecular complexity index is 273. The smallest absolute Gasteiger partial charge is 0.274 e. The molecule has 0 aliphatic carbocycles. The number of anilines is 1. The number of nitrogen functional groups attached to an aromatic ring is 1. The van der Waals surface area contributed by atoms with Gasteiger partial charge in [-0.15, -0.1) is 0 Å². The molecule has 1 aromatic carbocycles. The molecule has 4 N–H and O–H groups in total. The molecule has 0 atom stereocenters. The molecule has 1 aromatic rings. The van der Waals surface area contributed by atoms with Crippen molar-refractivity contribution in [3.05, 3.63) is 29.8 Å². The molecule has 1 amide bonds. The van der Waals surface area contributed by atoms with Crippen LogP contribution >= 0.6 is 0 Å². The minimum absolute atomic E-state index is 0.340. The van der Waals surface area contributed by atoms with E-state index in [9.17, 15) is 4.79 Å². The minimum Gasteiger partial charge on any atom is -0.399 e. The normalized spacial score (nSPS) is 9.18. The second-order valence-corrected chi connectivity index (χ2v) is 2.07. The highest BCUT2D eigenvalue weighted by Crippen LogP contribution is 2.05. The number of benzene rings is 1. The van der Waals surface area contributed by atoms with E-state index in [2.05, 4.69) is 0 Å². The first-order valence-electron chi connectivity index (χ1n) is 3.04. The summed E-state index contributed by atoms with van der Waals surface area (Å²) in [4.78, 5) is 10.7. The highest BCUT2D eigenvalue weighted by Gasteiger charge is 2.01. The topological polar surface area (TPSA) is 75.4 Å². The molecule has 0 radical (unpaired) electrons. The van der Waals surface area contributed by atoms with Gasteiger partial charge < -0.3 is 5.73 Å². The standard InChI is InChI=1S/C7H8N2O2/c8-6-3-1-2-5(4-6)7(10)9-11/h1-4,11H,8H2,(H,9,10). The van der Waals surface area contributed by atoms with Gasteiger partial charge in [0, 0.05) is 11.3 Å². The summed E-state index contributed by atoms with van der Waals surface area (Å²) in [5, 5.41) is 8.24. The lowest BCUT2D eigenvalue weighted by atomic mass is 10.2. The highest BCUT2D eigenvalue weighted by molar-refractivity contribution is 5.94. The third kappa shape index (κ3) is 1.68. The molecule has 1 rings (SSSR count). The van der Waals surface area contributed by atoms with Crippen LogP contribution in [0, 0.1) is 0 Å². The molecule has 0 unspecified atom stereocenters. The summed E-state index contributed by atoms with van der Waals surface area (Å²) in [6, 6.07) is 6.33. The number of nitrogens with two attached hydrogens (primary N) is 1. The lowest BCUT2D eigenvalue weighted by Crippen LogP contribution is -2.18. The zero-order valence-corrected chi connectivity index (χ0v) is 5.74. The van der Waals surface area contributed by atoms with Crippen LogP contribution in [-0.4, -0.2) is 11.1 Å². The fourth-order valence-electron chi connectivity index (χ4n) is 0.744. The number of carbonyl (C=O) groups is 1. The zero-order valence-electron chi connectivity index (χ0n) is 5.74. The van der Waals surface area contributed by atoms with E-state index < -0.39 is 5.91 Å². The van der Waals surface area contributed by atoms with Crippen molar-refractivity contribution < 1.29 is 10.0 Å². The van der Waals surface area contributed by atoms with Crippen LogP contribution in [0.3, 0.4) is 0 Å². The number of hydrogen-bond acceptors (Lipinski definition) is 3. The number of nitrogens with one attached hydrogen (secondary N) is 1. The maximum Gasteiger partial charge on any atom is 0.274 e. The zero-order chi connectivity index (χ0) is 8.27. The van der Waals surface area contributed by atoms with Crippen LogP contribution in [0.25, 0.3) is 0 Å². The van der Waals surface area contributed by atoms with Gasteiger partial charge in [-0.3, -0.25) is 10.0 Å². The molecular weight excluding hydrogens is 144 g/mol. The van der Waals surface area contributed by atoms with Gasteiger partial charge >= 0.3 is 0 Å². The molecule has 0 aromatic heterocycles. The quantitative estimate of drug-likeness (QED) is 0.309. The van der Waals surface area contributed by atoms with E-state index in [-0.39, 0.29) is 0 Å². The SMILES string of the molecule is Nc1cccc(C(=O)NO)c1. The Hall–Kier alpha value is -1.55. The molecule has 11 heavy (non-hydrogen) atoms. The molecule has 4 heteroatoms. The summed E-state index contributed by atoms with van der Waals surface area (Å²) < 4.78 is 0. The van der Waals surface area contributed by atoms with Crippen molar-refractivity contribution in [1.29, 1.82) is 0 Å². The Morgan fingerprint density at radius 3 is 2.82 bits per heavy atom. The van der Waals surface area contributed by atoms with Gasteiger partial charge in [0.05, 0.1) is 0 Å². The summed E-state index contributed by atoms with van der Waals surface area (Å²) in [5.41, 5.74) is 7.74. The van der Waals surface area contributed by atoms with Gasteiger partial charge in [-0.05, 0) is 18.2 Å². The highest BCUT2D eigenvalue weighted by atomic mass is 16.5. The summed E-state index contributed by atoms with van der Waals surface area (Å²) in [5.74, 6) is -0.558. The maximum absolute atomic E-state index is 10.7. The average molecular weight is 152 g/mol. The average Bonchev–Trinajstić information content (AvgIpc) is 2.03. The van der Waals surface area contributed by atoms with Crippen LogP contribution in [0.2, 0.25) is 0 Å². The Balaban J connectivity index is 2.96. The summed E-state index contributed by atoms with van der Waals surface area (Å²) in [7, 11) is 0. The van der Waals surface area contributed by atoms with E-state index >= 15 is 0 Å². The Labute approximate surface area is 63.6 Å². The van der Waals surface area contributed by atoms with E-state index in [1.54, 1.807) is 18.2 Å². The molecule has 0 bridgehead atoms. The number of amides is 1. The molecule has 0 aliphatic rings. The number of rotatable bonds is 1. The van der Waals surface area contributed by atoms with Gasteiger partial charge in [0.25, 0.3) is 5.91 Å². The van der Waals surface area contributed by atoms with E-state index in [1.807, 2.05) is 0 Å². The lowest BCUT2D eigenvalue weighted by Gasteiger charge is -1.98. The van der Waals surface area contributed by atoms with Crippen LogP contribution in [0.5, 0.6) is 0 Å². The monoisotopic (exact) mass is 152 g/mol. The number of carbonyl (C=O) groups excluding carboxylic acids is 1. The van der Waals surface area contributed by atoms with E-state index in [1.165, 1.54) is 11.5 Å². The van der Waals surface area contributed by atoms with E-state index in [0.717, 1.165) is 0 Å². The van der Waals surface area contributed by atoms with Crippen LogP contribution in [0.1, 0.15) is 10.4 Å². The summed E-state index contributed by atoms with van der Waals surface area (Å²) in [6.45, 7) is 0. The lowest BCUT2D eigenvalue weighted by molar-refractivity contribution is 0.0706. The van der Waals surface area contributed by atoms with Crippen LogP contribution in [0.15, 0.2) is 24.3 Å². The van der Waals surface area contributed by atoms with Crippen molar-refractivity contribution in [2.24, 2.45) is 0 Å². The van der Waals surface area contributed by atoms with Gasteiger partial charge in [-0.2, -0.15) is 0 Å². The van der Waals surface area contributed by atoms with Crippen molar-refractivity contribution >= 4 is 11.6 Å². The Kier molecular flexibility index (Phi) is 2.08. The van der Waals surface area contributed by atoms with Gasteiger partial charge in [-0.25, -0.2) is 5.48 Å². The van der Waals surface area contributed by atoms with Crippen LogP contribution in [-0.2, 0) is 0 Å². The number of hydroxylamine groups is 1. The van der Waals surface area contributed by atoms with Crippen molar-refractivity contribution in [2.75, 3.05) is 5.73 Å². The molecule has 0 saturated carbocycles. The van der Waals surface area contributed by atoms with Gasteiger partial charge in [-0.1, -0.05) is 6.07 Å². The van der Waals surface area contributed by atoms with Gasteiger partial charge in [0.1, 0.15) is 0 Å². The summed E-state index contributed by atoms with van der Waals surface area (Å²) in [6.07, 6.45) is 0. The van der Waals surface area contributed by atoms with Gasteiger partial charge in [0.15, 0.2) is 0 Å². The molecule has 58 valence electrons. The third-order valence-corrected chi connectivity index (χ3v) is 1.25. The molecule has 0 fully saturated rings.